The Balaban J connectivity index is 0.000000758. The van der Waals surface area contributed by atoms with Gasteiger partial charge in [-0.3, -0.25) is 9.36 Å². The van der Waals surface area contributed by atoms with Crippen LogP contribution in [0.4, 0.5) is 0 Å². The average Bonchev–Trinajstić information content (AvgIpc) is 3.31. The van der Waals surface area contributed by atoms with Crippen molar-refractivity contribution in [1.29, 1.82) is 0 Å². The molecule has 0 aromatic carbocycles. The second kappa shape index (κ2) is 9.29. The topological polar surface area (TPSA) is 130 Å². The van der Waals surface area contributed by atoms with Crippen molar-refractivity contribution < 1.29 is 19.0 Å². The lowest BCUT2D eigenvalue weighted by Crippen LogP contribution is -2.63. The number of imidazole rings is 1. The summed E-state index contributed by atoms with van der Waals surface area (Å²) in [5.41, 5.74) is 0.687. The molecule has 2 aromatic rings. The van der Waals surface area contributed by atoms with Crippen LogP contribution in [0.15, 0.2) is 12.7 Å². The Hall–Kier alpha value is -1.89. The van der Waals surface area contributed by atoms with Gasteiger partial charge in [0.1, 0.15) is 23.0 Å². The molecule has 34 heavy (non-hydrogen) atoms. The first-order valence-corrected chi connectivity index (χ1v) is 11.3. The molecule has 4 unspecified atom stereocenters. The van der Waals surface area contributed by atoms with E-state index in [1.54, 1.807) is 31.9 Å². The van der Waals surface area contributed by atoms with E-state index in [0.29, 0.717) is 11.2 Å². The molecule has 4 atom stereocenters. The fraction of sp³-hybridized carbons (Fsp3) is 0.727. The standard InChI is InChI=1S/C19H26ClN5O4.C2H7N.CH5N/c1-15(2)27-17(4)16(3,14(26)24(7)8)29-19(6,18(17,5)28-15)25-10-23-11-12(20)21-9-22-13(11)25;1-3-2;1-2/h9-10H,1-8H3;3H,1-2H3;2H2,1H3. The number of likely N-dealkylation sites (N-methyl/N-ethyl adjacent to an activating group) is 1. The fourth-order valence-electron chi connectivity index (χ4n) is 4.95. The highest BCUT2D eigenvalue weighted by Crippen LogP contribution is 2.64. The molecule has 11 nitrogen and oxygen atoms in total. The average molecular weight is 500 g/mol. The summed E-state index contributed by atoms with van der Waals surface area (Å²) in [6.07, 6.45) is 2.94. The molecule has 0 spiro atoms. The summed E-state index contributed by atoms with van der Waals surface area (Å²) in [6, 6.07) is 0. The number of ether oxygens (including phenoxy) is 3. The first kappa shape index (κ1) is 28.3. The number of nitrogens with one attached hydrogen (secondary N) is 1. The van der Waals surface area contributed by atoms with E-state index in [2.05, 4.69) is 26.0 Å². The van der Waals surface area contributed by atoms with Crippen LogP contribution in [-0.2, 0) is 24.7 Å². The van der Waals surface area contributed by atoms with Gasteiger partial charge in [0.25, 0.3) is 5.91 Å². The van der Waals surface area contributed by atoms with E-state index < -0.39 is 28.3 Å². The lowest BCUT2D eigenvalue weighted by molar-refractivity contribution is -0.268. The number of carbonyl (C=O) groups excluding carboxylic acids is 1. The van der Waals surface area contributed by atoms with Crippen molar-refractivity contribution in [2.75, 3.05) is 35.2 Å². The van der Waals surface area contributed by atoms with Crippen LogP contribution in [0.3, 0.4) is 0 Å². The number of amides is 1. The number of halogens is 1. The molecule has 2 aliphatic heterocycles. The predicted molar refractivity (Wildman–Crippen MR) is 130 cm³/mol. The maximum Gasteiger partial charge on any atom is 0.257 e. The van der Waals surface area contributed by atoms with Gasteiger partial charge in [0.2, 0.25) is 0 Å². The van der Waals surface area contributed by atoms with Crippen LogP contribution in [0.1, 0.15) is 41.5 Å². The molecule has 4 heterocycles. The Morgan fingerprint density at radius 2 is 1.53 bits per heavy atom. The zero-order chi connectivity index (χ0) is 26.3. The molecule has 2 aliphatic rings. The van der Waals surface area contributed by atoms with Gasteiger partial charge in [0, 0.05) is 14.1 Å². The number of hydrogen-bond donors (Lipinski definition) is 2. The lowest BCUT2D eigenvalue weighted by atomic mass is 9.72. The van der Waals surface area contributed by atoms with Gasteiger partial charge in [-0.15, -0.1) is 0 Å². The Kier molecular flexibility index (Phi) is 7.74. The predicted octanol–water partition coefficient (Wildman–Crippen LogP) is 1.74. The van der Waals surface area contributed by atoms with Crippen LogP contribution in [0, 0.1) is 0 Å². The highest BCUT2D eigenvalue weighted by Gasteiger charge is 2.82. The molecule has 0 aliphatic carbocycles. The monoisotopic (exact) mass is 499 g/mol. The molecule has 4 rings (SSSR count). The number of aromatic nitrogens is 4. The highest BCUT2D eigenvalue weighted by atomic mass is 35.5. The summed E-state index contributed by atoms with van der Waals surface area (Å²) in [5, 5.41) is 2.99. The molecule has 0 radical (unpaired) electrons. The summed E-state index contributed by atoms with van der Waals surface area (Å²) in [5.74, 6) is -1.17. The maximum absolute atomic E-state index is 13.3. The van der Waals surface area contributed by atoms with Gasteiger partial charge in [-0.25, -0.2) is 15.0 Å². The van der Waals surface area contributed by atoms with Crippen molar-refractivity contribution in [3.63, 3.8) is 0 Å². The third kappa shape index (κ3) is 3.78. The second-order valence-corrected chi connectivity index (χ2v) is 9.80. The van der Waals surface area contributed by atoms with Crippen molar-refractivity contribution >= 4 is 28.7 Å². The van der Waals surface area contributed by atoms with E-state index in [1.807, 2.05) is 48.7 Å². The first-order chi connectivity index (χ1) is 15.6. The SMILES string of the molecule is CN.CN(C)C(=O)C1(C)OC(C)(n2cnc3c(Cl)ncnc32)C2(C)OC(C)(C)OC12C.CNC. The molecule has 2 aromatic heterocycles. The van der Waals surface area contributed by atoms with E-state index >= 15 is 0 Å². The third-order valence-electron chi connectivity index (χ3n) is 6.57. The number of fused-ring (bicyclic) bond motifs is 2. The van der Waals surface area contributed by atoms with E-state index in [4.69, 9.17) is 25.8 Å². The summed E-state index contributed by atoms with van der Waals surface area (Å²) < 4.78 is 21.2. The summed E-state index contributed by atoms with van der Waals surface area (Å²) in [4.78, 5) is 27.6. The largest absolute Gasteiger partial charge is 0.346 e. The van der Waals surface area contributed by atoms with Crippen molar-refractivity contribution in [2.24, 2.45) is 5.73 Å². The molecule has 3 N–H and O–H groups in total. The van der Waals surface area contributed by atoms with Crippen molar-refractivity contribution in [3.05, 3.63) is 17.8 Å². The molecule has 2 saturated heterocycles. The van der Waals surface area contributed by atoms with Crippen molar-refractivity contribution in [1.82, 2.24) is 29.7 Å². The van der Waals surface area contributed by atoms with E-state index in [0.717, 1.165) is 0 Å². The van der Waals surface area contributed by atoms with Gasteiger partial charge >= 0.3 is 0 Å². The van der Waals surface area contributed by atoms with Gasteiger partial charge in [0.15, 0.2) is 27.9 Å². The normalized spacial score (nSPS) is 33.4. The van der Waals surface area contributed by atoms with Gasteiger partial charge < -0.3 is 30.2 Å². The van der Waals surface area contributed by atoms with Crippen LogP contribution in [0.5, 0.6) is 0 Å². The van der Waals surface area contributed by atoms with E-state index in [9.17, 15) is 4.79 Å². The van der Waals surface area contributed by atoms with Crippen molar-refractivity contribution in [3.8, 4) is 0 Å². The van der Waals surface area contributed by atoms with E-state index in [-0.39, 0.29) is 11.1 Å². The Bertz CT molecular complexity index is 1050. The van der Waals surface area contributed by atoms with Gasteiger partial charge in [-0.2, -0.15) is 0 Å². The minimum Gasteiger partial charge on any atom is -0.346 e. The zero-order valence-electron chi connectivity index (χ0n) is 22.0. The number of nitrogens with two attached hydrogens (primary N) is 1. The third-order valence-corrected chi connectivity index (χ3v) is 6.85. The molecule has 0 bridgehead atoms. The molecule has 192 valence electrons. The van der Waals surface area contributed by atoms with E-state index in [1.165, 1.54) is 18.3 Å². The molecule has 0 saturated carbocycles. The number of rotatable bonds is 2. The van der Waals surface area contributed by atoms with Crippen LogP contribution in [-0.4, -0.2) is 88.2 Å². The minimum absolute atomic E-state index is 0.228. The van der Waals surface area contributed by atoms with Gasteiger partial charge in [0.05, 0.1) is 6.33 Å². The Labute approximate surface area is 206 Å². The summed E-state index contributed by atoms with van der Waals surface area (Å²) in [6.45, 7) is 11.0. The first-order valence-electron chi connectivity index (χ1n) is 11.0. The molecular weight excluding hydrogens is 462 g/mol. The number of hydrogen-bond acceptors (Lipinski definition) is 9. The molecular formula is C22H38ClN7O4. The minimum atomic E-state index is -1.35. The maximum atomic E-state index is 13.3. The quantitative estimate of drug-likeness (QED) is 0.593. The number of carbonyl (C=O) groups is 1. The summed E-state index contributed by atoms with van der Waals surface area (Å²) in [7, 11) is 8.63. The highest BCUT2D eigenvalue weighted by molar-refractivity contribution is 6.33. The fourth-order valence-corrected chi connectivity index (χ4v) is 5.13. The van der Waals surface area contributed by atoms with Crippen LogP contribution in [0.25, 0.3) is 11.2 Å². The Morgan fingerprint density at radius 3 is 2.06 bits per heavy atom. The molecule has 12 heteroatoms. The van der Waals surface area contributed by atoms with Crippen molar-refractivity contribution in [2.45, 2.75) is 69.9 Å². The van der Waals surface area contributed by atoms with Crippen LogP contribution in [0.2, 0.25) is 5.15 Å². The zero-order valence-corrected chi connectivity index (χ0v) is 22.7. The van der Waals surface area contributed by atoms with Crippen LogP contribution >= 0.6 is 11.6 Å². The summed E-state index contributed by atoms with van der Waals surface area (Å²) >= 11 is 6.20. The Morgan fingerprint density at radius 1 is 1.00 bits per heavy atom. The van der Waals surface area contributed by atoms with Gasteiger partial charge in [-0.05, 0) is 62.7 Å². The lowest BCUT2D eigenvalue weighted by Gasteiger charge is -2.41. The second-order valence-electron chi connectivity index (χ2n) is 9.44. The van der Waals surface area contributed by atoms with Crippen LogP contribution < -0.4 is 11.1 Å². The molecule has 1 amide bonds. The number of nitrogens with zero attached hydrogens (tertiary/aromatic N) is 5. The smallest absolute Gasteiger partial charge is 0.257 e. The van der Waals surface area contributed by atoms with Gasteiger partial charge in [-0.1, -0.05) is 11.6 Å². The molecule has 2 fully saturated rings.